The summed E-state index contributed by atoms with van der Waals surface area (Å²) >= 11 is 0. The summed E-state index contributed by atoms with van der Waals surface area (Å²) in [5.74, 6) is 0.834. The van der Waals surface area contributed by atoms with E-state index in [9.17, 15) is 4.79 Å². The lowest BCUT2D eigenvalue weighted by Gasteiger charge is -2.33. The molecule has 190 valence electrons. The molecular weight excluding hydrogens is 448 g/mol. The topological polar surface area (TPSA) is 79.7 Å². The summed E-state index contributed by atoms with van der Waals surface area (Å²) in [4.78, 5) is 18.8. The molecule has 0 unspecified atom stereocenters. The summed E-state index contributed by atoms with van der Waals surface area (Å²) in [6.45, 7) is 16.0. The molecule has 36 heavy (non-hydrogen) atoms. The highest BCUT2D eigenvalue weighted by atomic mass is 16.1. The molecule has 7 nitrogen and oxygen atoms in total. The number of nitrogens with one attached hydrogen (secondary N) is 1. The van der Waals surface area contributed by atoms with Crippen molar-refractivity contribution in [3.63, 3.8) is 0 Å². The van der Waals surface area contributed by atoms with Crippen molar-refractivity contribution in [1.29, 1.82) is 0 Å². The summed E-state index contributed by atoms with van der Waals surface area (Å²) in [5, 5.41) is 14.0. The van der Waals surface area contributed by atoms with E-state index in [0.717, 1.165) is 46.3 Å². The van der Waals surface area contributed by atoms with Crippen LogP contribution < -0.4 is 5.56 Å². The normalized spacial score (nSPS) is 13.0. The molecule has 0 aliphatic heterocycles. The summed E-state index contributed by atoms with van der Waals surface area (Å²) in [6, 6.07) is 14.8. The number of hydrogen-bond acceptors (Lipinski definition) is 5. The molecule has 0 fully saturated rings. The van der Waals surface area contributed by atoms with Gasteiger partial charge in [-0.3, -0.25) is 9.69 Å². The van der Waals surface area contributed by atoms with Gasteiger partial charge in [0.25, 0.3) is 5.56 Å². The van der Waals surface area contributed by atoms with Crippen LogP contribution >= 0.6 is 0 Å². The zero-order chi connectivity index (χ0) is 26.0. The molecule has 7 heteroatoms. The number of tetrazole rings is 1. The lowest BCUT2D eigenvalue weighted by Crippen LogP contribution is -2.36. The van der Waals surface area contributed by atoms with Crippen LogP contribution in [0.4, 0.5) is 0 Å². The number of pyridine rings is 1. The lowest BCUT2D eigenvalue weighted by atomic mass is 10.0. The van der Waals surface area contributed by atoms with Crippen LogP contribution in [-0.2, 0) is 18.6 Å². The van der Waals surface area contributed by atoms with E-state index in [0.29, 0.717) is 13.1 Å². The summed E-state index contributed by atoms with van der Waals surface area (Å²) in [5.41, 5.74) is 6.04. The Hall–Kier alpha value is -3.32. The van der Waals surface area contributed by atoms with E-state index in [1.807, 2.05) is 11.6 Å². The standard InChI is InChI=1S/C29H38N6O/c1-8-25(27-31-32-33-35(27)29(6,7)9-2)34(17-22-14-10-19(3)11-15-22)18-23-16-24-20(4)12-13-21(5)26(24)30-28(23)36/h10-16,25H,8-9,17-18H2,1-7H3,(H,30,36)/t25-/m1/s1. The molecule has 0 aliphatic carbocycles. The molecule has 1 atom stereocenters. The number of fused-ring (bicyclic) bond motifs is 1. The molecular formula is C29H38N6O. The van der Waals surface area contributed by atoms with Gasteiger partial charge in [0.15, 0.2) is 5.82 Å². The highest BCUT2D eigenvalue weighted by molar-refractivity contribution is 5.85. The van der Waals surface area contributed by atoms with E-state index in [2.05, 4.69) is 109 Å². The third-order valence-corrected chi connectivity index (χ3v) is 7.46. The van der Waals surface area contributed by atoms with Gasteiger partial charge in [0.05, 0.1) is 17.1 Å². The summed E-state index contributed by atoms with van der Waals surface area (Å²) in [6.07, 6.45) is 1.72. The highest BCUT2D eigenvalue weighted by Gasteiger charge is 2.31. The minimum Gasteiger partial charge on any atom is -0.321 e. The lowest BCUT2D eigenvalue weighted by molar-refractivity contribution is 0.150. The molecule has 2 heterocycles. The Morgan fingerprint density at radius 2 is 1.69 bits per heavy atom. The van der Waals surface area contributed by atoms with Gasteiger partial charge in [-0.2, -0.15) is 0 Å². The van der Waals surface area contributed by atoms with Gasteiger partial charge >= 0.3 is 0 Å². The number of benzene rings is 2. The molecule has 0 saturated heterocycles. The first-order chi connectivity index (χ1) is 17.1. The number of rotatable bonds is 9. The minimum atomic E-state index is -0.211. The Labute approximate surface area is 213 Å². The first-order valence-electron chi connectivity index (χ1n) is 12.8. The predicted molar refractivity (Wildman–Crippen MR) is 145 cm³/mol. The van der Waals surface area contributed by atoms with Crippen molar-refractivity contribution in [3.8, 4) is 0 Å². The van der Waals surface area contributed by atoms with Crippen LogP contribution in [0.5, 0.6) is 0 Å². The van der Waals surface area contributed by atoms with Gasteiger partial charge in [-0.25, -0.2) is 4.68 Å². The van der Waals surface area contributed by atoms with Gasteiger partial charge in [-0.1, -0.05) is 55.8 Å². The van der Waals surface area contributed by atoms with Crippen LogP contribution in [0, 0.1) is 20.8 Å². The van der Waals surface area contributed by atoms with Gasteiger partial charge in [0, 0.05) is 24.0 Å². The van der Waals surface area contributed by atoms with E-state index in [1.54, 1.807) is 0 Å². The van der Waals surface area contributed by atoms with E-state index >= 15 is 0 Å². The zero-order valence-corrected chi connectivity index (χ0v) is 22.6. The van der Waals surface area contributed by atoms with Crippen molar-refractivity contribution in [2.75, 3.05) is 0 Å². The van der Waals surface area contributed by atoms with Crippen LogP contribution in [0.3, 0.4) is 0 Å². The van der Waals surface area contributed by atoms with Crippen molar-refractivity contribution in [2.24, 2.45) is 0 Å². The molecule has 0 amide bonds. The minimum absolute atomic E-state index is 0.0477. The Kier molecular flexibility index (Phi) is 7.41. The molecule has 2 aromatic heterocycles. The van der Waals surface area contributed by atoms with Gasteiger partial charge in [0.1, 0.15) is 0 Å². The van der Waals surface area contributed by atoms with E-state index in [1.165, 1.54) is 11.1 Å². The maximum atomic E-state index is 13.3. The third-order valence-electron chi connectivity index (χ3n) is 7.46. The van der Waals surface area contributed by atoms with Crippen LogP contribution in [-0.4, -0.2) is 30.1 Å². The van der Waals surface area contributed by atoms with Gasteiger partial charge in [-0.05, 0) is 80.6 Å². The molecule has 0 radical (unpaired) electrons. The number of aryl methyl sites for hydroxylation is 3. The van der Waals surface area contributed by atoms with Gasteiger partial charge in [-0.15, -0.1) is 5.10 Å². The number of hydrogen-bond donors (Lipinski definition) is 1. The Morgan fingerprint density at radius 1 is 1.00 bits per heavy atom. The summed E-state index contributed by atoms with van der Waals surface area (Å²) in [7, 11) is 0. The van der Waals surface area contributed by atoms with Crippen molar-refractivity contribution in [2.45, 2.75) is 86.0 Å². The maximum Gasteiger partial charge on any atom is 0.252 e. The quantitative estimate of drug-likeness (QED) is 0.326. The van der Waals surface area contributed by atoms with Crippen LogP contribution in [0.15, 0.2) is 47.3 Å². The first-order valence-corrected chi connectivity index (χ1v) is 12.8. The van der Waals surface area contributed by atoms with Crippen molar-refractivity contribution in [1.82, 2.24) is 30.1 Å². The monoisotopic (exact) mass is 486 g/mol. The van der Waals surface area contributed by atoms with E-state index in [4.69, 9.17) is 0 Å². The second kappa shape index (κ2) is 10.3. The second-order valence-corrected chi connectivity index (χ2v) is 10.5. The molecule has 4 aromatic rings. The number of aromatic amines is 1. The smallest absolute Gasteiger partial charge is 0.252 e. The average molecular weight is 487 g/mol. The molecule has 1 N–H and O–H groups in total. The Morgan fingerprint density at radius 3 is 2.36 bits per heavy atom. The second-order valence-electron chi connectivity index (χ2n) is 10.5. The van der Waals surface area contributed by atoms with Gasteiger partial charge in [0.2, 0.25) is 0 Å². The zero-order valence-electron chi connectivity index (χ0n) is 22.6. The Balaban J connectivity index is 1.80. The first kappa shape index (κ1) is 25.8. The molecule has 0 spiro atoms. The number of H-pyrrole nitrogens is 1. The Bertz CT molecular complexity index is 1400. The van der Waals surface area contributed by atoms with Crippen molar-refractivity contribution in [3.05, 3.63) is 86.5 Å². The van der Waals surface area contributed by atoms with E-state index < -0.39 is 0 Å². The molecule has 4 rings (SSSR count). The van der Waals surface area contributed by atoms with Gasteiger partial charge < -0.3 is 4.98 Å². The molecule has 0 bridgehead atoms. The average Bonchev–Trinajstić information content (AvgIpc) is 3.35. The SMILES string of the molecule is CC[C@H](c1nnnn1C(C)(C)CC)N(Cc1ccc(C)cc1)Cc1cc2c(C)ccc(C)c2[nH]c1=O. The predicted octanol–water partition coefficient (Wildman–Crippen LogP) is 5.74. The molecule has 0 aliphatic rings. The van der Waals surface area contributed by atoms with Crippen molar-refractivity contribution < 1.29 is 0 Å². The number of aromatic nitrogens is 5. The largest absolute Gasteiger partial charge is 0.321 e. The summed E-state index contributed by atoms with van der Waals surface area (Å²) < 4.78 is 1.96. The van der Waals surface area contributed by atoms with Crippen LogP contribution in [0.25, 0.3) is 10.9 Å². The fourth-order valence-corrected chi connectivity index (χ4v) is 4.75. The molecule has 0 saturated carbocycles. The van der Waals surface area contributed by atoms with Crippen molar-refractivity contribution >= 4 is 10.9 Å². The fourth-order valence-electron chi connectivity index (χ4n) is 4.75. The third kappa shape index (κ3) is 5.12. The van der Waals surface area contributed by atoms with Crippen LogP contribution in [0.1, 0.15) is 80.2 Å². The maximum absolute atomic E-state index is 13.3. The van der Waals surface area contributed by atoms with Crippen LogP contribution in [0.2, 0.25) is 0 Å². The number of nitrogens with zero attached hydrogens (tertiary/aromatic N) is 5. The fraction of sp³-hybridized carbons (Fsp3) is 0.448. The van der Waals surface area contributed by atoms with E-state index in [-0.39, 0.29) is 17.1 Å². The molecule has 2 aromatic carbocycles. The highest BCUT2D eigenvalue weighted by Crippen LogP contribution is 2.30.